The molecule has 0 saturated heterocycles. The number of hydrogen-bond donors (Lipinski definition) is 2. The van der Waals surface area contributed by atoms with Gasteiger partial charge in [0.1, 0.15) is 0 Å². The molecule has 1 saturated carbocycles. The number of hydrogen-bond acceptors (Lipinski definition) is 3. The van der Waals surface area contributed by atoms with E-state index in [2.05, 4.69) is 28.9 Å². The normalized spacial score (nSPS) is 14.9. The molecule has 1 aliphatic carbocycles. The van der Waals surface area contributed by atoms with E-state index < -0.39 is 0 Å². The van der Waals surface area contributed by atoms with Crippen molar-refractivity contribution in [2.45, 2.75) is 31.8 Å². The number of nitrogens with zero attached hydrogens (tertiary/aromatic N) is 1. The first-order valence-corrected chi connectivity index (χ1v) is 6.96. The topological polar surface area (TPSA) is 49.5 Å². The van der Waals surface area contributed by atoms with Crippen molar-refractivity contribution in [1.82, 2.24) is 4.90 Å². The zero-order valence-electron chi connectivity index (χ0n) is 11.3. The lowest BCUT2D eigenvalue weighted by atomic mass is 9.91. The summed E-state index contributed by atoms with van der Waals surface area (Å²) in [6.07, 6.45) is 3.85. The smallest absolute Gasteiger partial charge is 0.0558 e. The fraction of sp³-hybridized carbons (Fsp3) is 0.500. The summed E-state index contributed by atoms with van der Waals surface area (Å²) < 4.78 is 0. The second-order valence-corrected chi connectivity index (χ2v) is 4.98. The van der Waals surface area contributed by atoms with Crippen LogP contribution in [0.2, 0.25) is 0 Å². The Morgan fingerprint density at radius 2 is 2.00 bits per heavy atom. The first-order chi connectivity index (χ1) is 9.33. The van der Waals surface area contributed by atoms with Crippen molar-refractivity contribution < 1.29 is 5.11 Å². The molecule has 19 heavy (non-hydrogen) atoms. The molecule has 0 aromatic heterocycles. The Morgan fingerprint density at radius 3 is 2.53 bits per heavy atom. The number of aliphatic hydroxyl groups excluding tert-OH is 1. The van der Waals surface area contributed by atoms with Crippen LogP contribution in [0.3, 0.4) is 0 Å². The maximum Gasteiger partial charge on any atom is 0.0558 e. The number of aliphatic hydroxyl groups is 1. The van der Waals surface area contributed by atoms with Crippen LogP contribution in [0.5, 0.6) is 0 Å². The summed E-state index contributed by atoms with van der Waals surface area (Å²) in [6.45, 7) is 2.31. The minimum Gasteiger partial charge on any atom is -0.395 e. The number of benzene rings is 1. The van der Waals surface area contributed by atoms with E-state index >= 15 is 0 Å². The third-order valence-electron chi connectivity index (χ3n) is 3.65. The summed E-state index contributed by atoms with van der Waals surface area (Å²) in [4.78, 5) is 2.38. The highest BCUT2D eigenvalue weighted by molar-refractivity contribution is 5.36. The van der Waals surface area contributed by atoms with Gasteiger partial charge < -0.3 is 10.8 Å². The van der Waals surface area contributed by atoms with Crippen molar-refractivity contribution in [1.29, 1.82) is 0 Å². The average molecular weight is 258 g/mol. The zero-order valence-corrected chi connectivity index (χ0v) is 11.3. The molecule has 0 atom stereocenters. The first-order valence-electron chi connectivity index (χ1n) is 6.96. The molecule has 2 rings (SSSR count). The Labute approximate surface area is 115 Å². The van der Waals surface area contributed by atoms with Crippen LogP contribution < -0.4 is 5.73 Å². The summed E-state index contributed by atoms with van der Waals surface area (Å²) in [7, 11) is 0. The minimum atomic E-state index is 0.233. The van der Waals surface area contributed by atoms with Crippen molar-refractivity contribution in [2.75, 3.05) is 19.7 Å². The van der Waals surface area contributed by atoms with Crippen LogP contribution in [0.4, 0.5) is 0 Å². The predicted octanol–water partition coefficient (Wildman–Crippen LogP) is 1.34. The summed E-state index contributed by atoms with van der Waals surface area (Å²) in [5.41, 5.74) is 7.64. The Hall–Kier alpha value is -1.34. The molecule has 0 bridgehead atoms. The number of nitrogens with two attached hydrogens (primary N) is 1. The van der Waals surface area contributed by atoms with E-state index in [1.807, 2.05) is 12.1 Å². The summed E-state index contributed by atoms with van der Waals surface area (Å²) in [6, 6.07) is 8.96. The maximum atomic E-state index is 9.15. The van der Waals surface area contributed by atoms with E-state index in [0.29, 0.717) is 12.6 Å². The molecule has 3 N–H and O–H groups in total. The quantitative estimate of drug-likeness (QED) is 0.784. The molecule has 102 valence electrons. The van der Waals surface area contributed by atoms with Crippen LogP contribution in [0.25, 0.3) is 0 Å². The van der Waals surface area contributed by atoms with Gasteiger partial charge in [-0.1, -0.05) is 30.4 Å². The monoisotopic (exact) mass is 258 g/mol. The zero-order chi connectivity index (χ0) is 13.5. The second kappa shape index (κ2) is 7.30. The lowest BCUT2D eigenvalue weighted by molar-refractivity contribution is 0.0945. The van der Waals surface area contributed by atoms with Gasteiger partial charge in [-0.05, 0) is 30.5 Å². The first kappa shape index (κ1) is 14.1. The largest absolute Gasteiger partial charge is 0.395 e. The van der Waals surface area contributed by atoms with Crippen LogP contribution in [0.15, 0.2) is 24.3 Å². The van der Waals surface area contributed by atoms with Gasteiger partial charge in [-0.2, -0.15) is 0 Å². The van der Waals surface area contributed by atoms with Crippen LogP contribution in [0, 0.1) is 11.8 Å². The fourth-order valence-corrected chi connectivity index (χ4v) is 2.35. The summed E-state index contributed by atoms with van der Waals surface area (Å²) >= 11 is 0. The molecule has 1 aromatic carbocycles. The van der Waals surface area contributed by atoms with E-state index in [0.717, 1.165) is 18.7 Å². The van der Waals surface area contributed by atoms with E-state index in [4.69, 9.17) is 10.8 Å². The standard InChI is InChI=1S/C16H22N2O/c17-10-2-3-14-6-8-15(9-7-14)13-18(11-12-19)16-4-1-5-16/h6-9,16,19H,1,4-5,10-13,17H2. The third kappa shape index (κ3) is 4.07. The highest BCUT2D eigenvalue weighted by Gasteiger charge is 2.24. The number of rotatable bonds is 5. The van der Waals surface area contributed by atoms with E-state index in [9.17, 15) is 0 Å². The molecule has 1 aromatic rings. The van der Waals surface area contributed by atoms with Crippen molar-refractivity contribution in [3.8, 4) is 11.8 Å². The molecule has 0 heterocycles. The second-order valence-electron chi connectivity index (χ2n) is 4.98. The highest BCUT2D eigenvalue weighted by atomic mass is 16.3. The van der Waals surface area contributed by atoms with Gasteiger partial charge in [0.25, 0.3) is 0 Å². The van der Waals surface area contributed by atoms with Crippen LogP contribution in [-0.2, 0) is 6.54 Å². The van der Waals surface area contributed by atoms with Crippen molar-refractivity contribution in [2.24, 2.45) is 5.73 Å². The lowest BCUT2D eigenvalue weighted by Crippen LogP contribution is -2.41. The molecule has 1 fully saturated rings. The van der Waals surface area contributed by atoms with Crippen LogP contribution in [-0.4, -0.2) is 35.7 Å². The molecule has 1 aliphatic rings. The SMILES string of the molecule is NCC#Cc1ccc(CN(CCO)C2CCC2)cc1. The average Bonchev–Trinajstić information content (AvgIpc) is 2.36. The molecule has 0 radical (unpaired) electrons. The maximum absolute atomic E-state index is 9.15. The van der Waals surface area contributed by atoms with E-state index in [-0.39, 0.29) is 6.61 Å². The summed E-state index contributed by atoms with van der Waals surface area (Å²) in [5, 5.41) is 9.15. The molecule has 0 spiro atoms. The van der Waals surface area contributed by atoms with Crippen LogP contribution >= 0.6 is 0 Å². The van der Waals surface area contributed by atoms with E-state index in [1.165, 1.54) is 24.8 Å². The van der Waals surface area contributed by atoms with Gasteiger partial charge in [0.2, 0.25) is 0 Å². The van der Waals surface area contributed by atoms with Crippen molar-refractivity contribution >= 4 is 0 Å². The molecule has 0 amide bonds. The van der Waals surface area contributed by atoms with E-state index in [1.54, 1.807) is 0 Å². The summed E-state index contributed by atoms with van der Waals surface area (Å²) in [5.74, 6) is 5.88. The predicted molar refractivity (Wildman–Crippen MR) is 77.5 cm³/mol. The highest BCUT2D eigenvalue weighted by Crippen LogP contribution is 2.25. The van der Waals surface area contributed by atoms with Crippen molar-refractivity contribution in [3.05, 3.63) is 35.4 Å². The molecular weight excluding hydrogens is 236 g/mol. The molecule has 0 unspecified atom stereocenters. The Bertz CT molecular complexity index is 440. The van der Waals surface area contributed by atoms with Gasteiger partial charge in [0, 0.05) is 24.7 Å². The fourth-order valence-electron chi connectivity index (χ4n) is 2.35. The molecule has 3 nitrogen and oxygen atoms in total. The Morgan fingerprint density at radius 1 is 1.26 bits per heavy atom. The van der Waals surface area contributed by atoms with Crippen molar-refractivity contribution in [3.63, 3.8) is 0 Å². The third-order valence-corrected chi connectivity index (χ3v) is 3.65. The van der Waals surface area contributed by atoms with Gasteiger partial charge in [-0.25, -0.2) is 0 Å². The molecular formula is C16H22N2O. The van der Waals surface area contributed by atoms with Gasteiger partial charge in [-0.15, -0.1) is 0 Å². The Balaban J connectivity index is 1.96. The Kier molecular flexibility index (Phi) is 5.41. The van der Waals surface area contributed by atoms with Crippen LogP contribution in [0.1, 0.15) is 30.4 Å². The van der Waals surface area contributed by atoms with Gasteiger partial charge in [0.05, 0.1) is 13.2 Å². The van der Waals surface area contributed by atoms with Gasteiger partial charge in [-0.3, -0.25) is 4.90 Å². The van der Waals surface area contributed by atoms with Gasteiger partial charge in [0.15, 0.2) is 0 Å². The minimum absolute atomic E-state index is 0.233. The molecule has 0 aliphatic heterocycles. The lowest BCUT2D eigenvalue weighted by Gasteiger charge is -2.37. The van der Waals surface area contributed by atoms with Gasteiger partial charge >= 0.3 is 0 Å². The molecule has 3 heteroatoms.